The lowest BCUT2D eigenvalue weighted by Gasteiger charge is -2.30. The topological polar surface area (TPSA) is 279 Å². The maximum Gasteiger partial charge on any atom is 0.305 e. The highest BCUT2D eigenvalue weighted by molar-refractivity contribution is 7.86. The molecule has 2 heterocycles. The highest BCUT2D eigenvalue weighted by Crippen LogP contribution is 2.51. The second kappa shape index (κ2) is 20.6. The average molecular weight is 1010 g/mol. The molecule has 18 nitrogen and oxygen atoms in total. The molecule has 0 bridgehead atoms. The van der Waals surface area contributed by atoms with E-state index >= 15 is 0 Å². The minimum Gasteiger partial charge on any atom is -0.481 e. The maximum atomic E-state index is 12.3. The Hall–Kier alpha value is -3.81. The highest BCUT2D eigenvalue weighted by atomic mass is 35.5. The number of nitrogens with zero attached hydrogens (tertiary/aromatic N) is 2. The Morgan fingerprint density at radius 2 is 1.40 bits per heavy atom. The third-order valence-corrected chi connectivity index (χ3v) is 15.7. The Bertz CT molecular complexity index is 2800. The zero-order chi connectivity index (χ0) is 48.2. The van der Waals surface area contributed by atoms with Gasteiger partial charge in [0.25, 0.3) is 40.5 Å². The Balaban J connectivity index is 1.62. The lowest BCUT2D eigenvalue weighted by Crippen LogP contribution is -2.32. The van der Waals surface area contributed by atoms with Crippen molar-refractivity contribution in [2.45, 2.75) is 85.8 Å². The number of hydrogen-bond acceptors (Lipinski definition) is 12. The predicted octanol–water partition coefficient (Wildman–Crippen LogP) is 5.83. The molecule has 5 N–H and O–H groups in total. The quantitative estimate of drug-likeness (QED) is 0.0527. The van der Waals surface area contributed by atoms with Crippen LogP contribution in [0.15, 0.2) is 92.4 Å². The van der Waals surface area contributed by atoms with Crippen LogP contribution < -0.4 is 4.90 Å². The molecule has 0 aromatic heterocycles. The van der Waals surface area contributed by atoms with Crippen LogP contribution in [0.4, 0.5) is 11.4 Å². The van der Waals surface area contributed by atoms with E-state index in [1.807, 2.05) is 28.6 Å². The van der Waals surface area contributed by atoms with Crippen molar-refractivity contribution in [2.24, 2.45) is 0 Å². The average Bonchev–Trinajstić information content (AvgIpc) is 3.56. The molecular weight excluding hydrogens is 952 g/mol. The molecule has 2 aliphatic heterocycles. The summed E-state index contributed by atoms with van der Waals surface area (Å²) in [7, 11) is -16.5. The summed E-state index contributed by atoms with van der Waals surface area (Å²) in [5.41, 5.74) is 2.64. The van der Waals surface area contributed by atoms with Gasteiger partial charge >= 0.3 is 5.97 Å². The molecular formula is C42H54ClN2O16S4+. The Labute approximate surface area is 385 Å². The summed E-state index contributed by atoms with van der Waals surface area (Å²) >= 11 is 7.18. The summed E-state index contributed by atoms with van der Waals surface area (Å²) in [6.45, 7) is 4.30. The molecule has 23 heteroatoms. The van der Waals surface area contributed by atoms with Crippen LogP contribution >= 0.6 is 11.6 Å². The lowest BCUT2D eigenvalue weighted by atomic mass is 9.75. The van der Waals surface area contributed by atoms with Crippen molar-refractivity contribution in [1.82, 2.24) is 0 Å². The van der Waals surface area contributed by atoms with E-state index in [4.69, 9.17) is 26.2 Å². The molecule has 2 aromatic rings. The number of anilines is 1. The van der Waals surface area contributed by atoms with E-state index in [1.54, 1.807) is 25.1 Å². The van der Waals surface area contributed by atoms with Gasteiger partial charge in [-0.1, -0.05) is 23.8 Å². The first-order valence-corrected chi connectivity index (χ1v) is 27.0. The number of allylic oxidation sites excluding steroid dienone is 8. The maximum absolute atomic E-state index is 12.3. The van der Waals surface area contributed by atoms with Gasteiger partial charge < -0.3 is 19.5 Å². The molecule has 0 spiro atoms. The fourth-order valence-corrected chi connectivity index (χ4v) is 11.1. The van der Waals surface area contributed by atoms with E-state index in [1.165, 1.54) is 37.4 Å². The Morgan fingerprint density at radius 1 is 0.800 bits per heavy atom. The van der Waals surface area contributed by atoms with Crippen LogP contribution in [0, 0.1) is 0 Å². The van der Waals surface area contributed by atoms with Gasteiger partial charge in [0.05, 0.1) is 46.3 Å². The standard InChI is InChI=1S/C42H53ClN2O16S4/c1-41(18-5-25-62(48,49)50)33-27-31(64(54,55)56)11-13-35(33)44(20-23-60-3)37(41)15-9-29-7-4-8-30(40(29)43)10-16-38-42(2,19-6-26-63(51,52)53)34-28-32(65(57,58)59)12-14-36(34)45(38)21-24-61-22-17-39(46)47/h9-16,27-28H,4-8,17-26H2,1-3H3,(H4-,46,47,48,49,50,51,52,53,54,55,56,57,58,59)/p+1. The van der Waals surface area contributed by atoms with Gasteiger partial charge in [0, 0.05) is 53.2 Å². The number of fused-ring (bicyclic) bond motifs is 2. The van der Waals surface area contributed by atoms with Crippen molar-refractivity contribution >= 4 is 75.1 Å². The van der Waals surface area contributed by atoms with Gasteiger partial charge in [0.2, 0.25) is 5.69 Å². The second-order valence-electron chi connectivity index (χ2n) is 16.5. The molecule has 0 radical (unpaired) electrons. The van der Waals surface area contributed by atoms with E-state index in [-0.39, 0.29) is 68.3 Å². The fraction of sp³-hybridized carbons (Fsp3) is 0.476. The van der Waals surface area contributed by atoms with Gasteiger partial charge in [-0.15, -0.1) is 0 Å². The summed E-state index contributed by atoms with van der Waals surface area (Å²) < 4.78 is 148. The number of carbonyl (C=O) groups is 1. The SMILES string of the molecule is COCCN1/C(=C/C=C2\CCCC(/C=C/C3=[N+](CCOCCC(=O)O)c4ccc(S(=O)(=O)O)cc4C3(C)CCCS(=O)(=O)O)=C2Cl)C(C)(CCCS(=O)(=O)O)c2cc(S(=O)(=O)O)ccc21. The third kappa shape index (κ3) is 12.8. The van der Waals surface area contributed by atoms with Gasteiger partial charge in [-0.05, 0) is 112 Å². The van der Waals surface area contributed by atoms with Gasteiger partial charge in [0.15, 0.2) is 12.3 Å². The number of ether oxygens (including phenoxy) is 2. The van der Waals surface area contributed by atoms with E-state index in [9.17, 15) is 56.7 Å². The molecule has 0 saturated carbocycles. The first-order valence-electron chi connectivity index (χ1n) is 20.5. The number of carboxylic acid groups (broad SMARTS) is 1. The monoisotopic (exact) mass is 1010 g/mol. The van der Waals surface area contributed by atoms with Crippen molar-refractivity contribution < 1.29 is 75.8 Å². The first-order chi connectivity index (χ1) is 30.2. The number of halogens is 1. The number of rotatable bonds is 22. The van der Waals surface area contributed by atoms with Gasteiger partial charge in [-0.25, -0.2) is 0 Å². The van der Waals surface area contributed by atoms with Crippen LogP contribution in [-0.4, -0.2) is 125 Å². The fourth-order valence-electron chi connectivity index (χ4n) is 8.78. The number of benzene rings is 2. The molecule has 2 unspecified atom stereocenters. The number of aliphatic carboxylic acids is 1. The zero-order valence-corrected chi connectivity index (χ0v) is 40.0. The normalized spacial score (nSPS) is 21.9. The van der Waals surface area contributed by atoms with Crippen LogP contribution in [0.1, 0.15) is 76.3 Å². The van der Waals surface area contributed by atoms with Crippen LogP contribution in [0.2, 0.25) is 0 Å². The summed E-state index contributed by atoms with van der Waals surface area (Å²) in [5.74, 6) is -2.18. The summed E-state index contributed by atoms with van der Waals surface area (Å²) in [6, 6.07) is 8.24. The lowest BCUT2D eigenvalue weighted by molar-refractivity contribution is -0.442. The molecule has 2 aromatic carbocycles. The molecule has 0 amide bonds. The summed E-state index contributed by atoms with van der Waals surface area (Å²) in [4.78, 5) is 12.3. The number of methoxy groups -OCH3 is 1. The van der Waals surface area contributed by atoms with E-state index < -0.39 is 68.8 Å². The number of hydrogen-bond donors (Lipinski definition) is 5. The van der Waals surface area contributed by atoms with Crippen molar-refractivity contribution in [3.05, 3.63) is 93.7 Å². The van der Waals surface area contributed by atoms with Crippen LogP contribution in [0.5, 0.6) is 0 Å². The summed E-state index contributed by atoms with van der Waals surface area (Å²) in [6.07, 6.45) is 8.98. The molecule has 65 heavy (non-hydrogen) atoms. The first kappa shape index (κ1) is 52.2. The molecule has 3 aliphatic rings. The molecule has 0 fully saturated rings. The van der Waals surface area contributed by atoms with Crippen LogP contribution in [0.3, 0.4) is 0 Å². The van der Waals surface area contributed by atoms with Gasteiger partial charge in [0.1, 0.15) is 6.61 Å². The smallest absolute Gasteiger partial charge is 0.305 e. The third-order valence-electron chi connectivity index (χ3n) is 12.0. The minimum atomic E-state index is -4.67. The second-order valence-corrected chi connectivity index (χ2v) is 22.8. The highest BCUT2D eigenvalue weighted by Gasteiger charge is 2.48. The number of carboxylic acids is 1. The van der Waals surface area contributed by atoms with Crippen molar-refractivity contribution in [2.75, 3.05) is 56.4 Å². The molecule has 358 valence electrons. The Morgan fingerprint density at radius 3 is 1.98 bits per heavy atom. The van der Waals surface area contributed by atoms with E-state index in [2.05, 4.69) is 0 Å². The molecule has 2 atom stereocenters. The summed E-state index contributed by atoms with van der Waals surface area (Å²) in [5, 5.41) is 9.51. The van der Waals surface area contributed by atoms with Crippen LogP contribution in [0.25, 0.3) is 0 Å². The van der Waals surface area contributed by atoms with Crippen molar-refractivity contribution in [3.63, 3.8) is 0 Å². The van der Waals surface area contributed by atoms with Crippen LogP contribution in [-0.2, 0) is 65.6 Å². The van der Waals surface area contributed by atoms with E-state index in [0.29, 0.717) is 70.3 Å². The zero-order valence-electron chi connectivity index (χ0n) is 36.0. The van der Waals surface area contributed by atoms with Gasteiger partial charge in [-0.2, -0.15) is 38.2 Å². The van der Waals surface area contributed by atoms with Crippen molar-refractivity contribution in [3.8, 4) is 0 Å². The largest absolute Gasteiger partial charge is 0.481 e. The molecule has 5 rings (SSSR count). The molecule has 1 aliphatic carbocycles. The molecule has 0 saturated heterocycles. The van der Waals surface area contributed by atoms with E-state index in [0.717, 1.165) is 5.57 Å². The minimum absolute atomic E-state index is 0.00649. The predicted molar refractivity (Wildman–Crippen MR) is 243 cm³/mol. The van der Waals surface area contributed by atoms with Gasteiger partial charge in [-0.3, -0.25) is 23.0 Å². The van der Waals surface area contributed by atoms with Crippen molar-refractivity contribution in [1.29, 1.82) is 0 Å². The Kier molecular flexibility index (Phi) is 16.5.